The van der Waals surface area contributed by atoms with Crippen molar-refractivity contribution in [2.45, 2.75) is 5.51 Å². The lowest BCUT2D eigenvalue weighted by atomic mass is 11.6. The van der Waals surface area contributed by atoms with Gasteiger partial charge in [0.05, 0.1) is 0 Å². The first-order valence-electron chi connectivity index (χ1n) is 1.38. The van der Waals surface area contributed by atoms with E-state index in [2.05, 4.69) is 24.8 Å². The fourth-order valence-corrected chi connectivity index (χ4v) is 0.850. The Hall–Kier alpha value is 0.450. The molecule has 0 nitrogen and oxygen atoms in total. The first kappa shape index (κ1) is 8.45. The molecule has 0 amide bonds. The maximum absolute atomic E-state index is 11.1. The van der Waals surface area contributed by atoms with Gasteiger partial charge in [-0.3, -0.25) is 0 Å². The molecule has 0 fully saturated rings. The average molecular weight is 177 g/mol. The maximum atomic E-state index is 11.1. The Morgan fingerprint density at radius 1 is 1.50 bits per heavy atom. The number of rotatable bonds is 0. The zero-order valence-electron chi connectivity index (χ0n) is 3.36. The molecule has 8 heavy (non-hydrogen) atoms. The summed E-state index contributed by atoms with van der Waals surface area (Å²) in [6, 6.07) is 0. The molecule has 0 saturated carbocycles. The van der Waals surface area contributed by atoms with E-state index in [1.54, 1.807) is 0 Å². The number of halogens is 3. The van der Waals surface area contributed by atoms with Gasteiger partial charge in [0.25, 0.3) is 0 Å². The van der Waals surface area contributed by atoms with Crippen molar-refractivity contribution in [2.24, 2.45) is 0 Å². The number of hydrogen-bond donors (Lipinski definition) is 0. The SMILES string of the molecule is FC(F)(F)SC(=S)[S-]. The molecule has 0 spiro atoms. The van der Waals surface area contributed by atoms with Gasteiger partial charge in [0, 0.05) is 0 Å². The second-order valence-corrected chi connectivity index (χ2v) is 3.46. The Morgan fingerprint density at radius 3 is 1.88 bits per heavy atom. The van der Waals surface area contributed by atoms with Gasteiger partial charge in [0.1, 0.15) is 0 Å². The molecule has 0 aliphatic rings. The van der Waals surface area contributed by atoms with Crippen LogP contribution in [-0.2, 0) is 12.6 Å². The highest BCUT2D eigenvalue weighted by Crippen LogP contribution is 2.30. The fourth-order valence-electron chi connectivity index (χ4n) is 0.0945. The molecule has 0 rings (SSSR count). The molecule has 0 heterocycles. The van der Waals surface area contributed by atoms with Crippen LogP contribution in [-0.4, -0.2) is 9.04 Å². The van der Waals surface area contributed by atoms with Crippen LogP contribution in [0.15, 0.2) is 0 Å². The van der Waals surface area contributed by atoms with Crippen molar-refractivity contribution in [2.75, 3.05) is 0 Å². The third-order valence-corrected chi connectivity index (χ3v) is 1.10. The van der Waals surface area contributed by atoms with E-state index in [0.717, 1.165) is 0 Å². The average Bonchev–Trinajstić information content (AvgIpc) is 1.21. The highest BCUT2D eigenvalue weighted by Gasteiger charge is 2.26. The molecule has 0 bridgehead atoms. The summed E-state index contributed by atoms with van der Waals surface area (Å²) >= 11 is 7.56. The molecule has 0 N–H and O–H groups in total. The highest BCUT2D eigenvalue weighted by atomic mass is 32.2. The van der Waals surface area contributed by atoms with Crippen LogP contribution in [0.4, 0.5) is 13.2 Å². The van der Waals surface area contributed by atoms with Gasteiger partial charge in [-0.15, -0.1) is 0 Å². The van der Waals surface area contributed by atoms with Gasteiger partial charge in [0.15, 0.2) is 0 Å². The van der Waals surface area contributed by atoms with Crippen LogP contribution in [0.25, 0.3) is 0 Å². The summed E-state index contributed by atoms with van der Waals surface area (Å²) in [7, 11) is 0. The van der Waals surface area contributed by atoms with Crippen molar-refractivity contribution in [3.05, 3.63) is 0 Å². The monoisotopic (exact) mass is 177 g/mol. The topological polar surface area (TPSA) is 0 Å². The van der Waals surface area contributed by atoms with E-state index in [1.807, 2.05) is 0 Å². The van der Waals surface area contributed by atoms with E-state index in [9.17, 15) is 13.2 Å². The lowest BCUT2D eigenvalue weighted by Crippen LogP contribution is -2.02. The summed E-state index contributed by atoms with van der Waals surface area (Å²) in [5, 5.41) is 0. The van der Waals surface area contributed by atoms with Crippen LogP contribution in [0.3, 0.4) is 0 Å². The van der Waals surface area contributed by atoms with Crippen LogP contribution in [0.5, 0.6) is 0 Å². The Balaban J connectivity index is 3.55. The van der Waals surface area contributed by atoms with Gasteiger partial charge < -0.3 is 24.8 Å². The molecule has 0 radical (unpaired) electrons. The molecular weight excluding hydrogens is 177 g/mol. The van der Waals surface area contributed by atoms with Crippen LogP contribution in [0, 0.1) is 0 Å². The zero-order chi connectivity index (χ0) is 6.78. The molecule has 0 aromatic heterocycles. The van der Waals surface area contributed by atoms with Crippen LogP contribution in [0.1, 0.15) is 0 Å². The fraction of sp³-hybridized carbons (Fsp3) is 0.500. The standard InChI is InChI=1S/C2HF3S3/c3-2(4,5)8-1(6)7/h(H,6,7)/p-1. The minimum absolute atomic E-state index is 0.442. The highest BCUT2D eigenvalue weighted by molar-refractivity contribution is 8.37. The maximum Gasteiger partial charge on any atom is 0.444 e. The van der Waals surface area contributed by atoms with Crippen LogP contribution >= 0.6 is 24.0 Å². The second-order valence-electron chi connectivity index (χ2n) is 0.798. The van der Waals surface area contributed by atoms with Gasteiger partial charge in [-0.25, -0.2) is 0 Å². The predicted octanol–water partition coefficient (Wildman–Crippen LogP) is 2.07. The smallest absolute Gasteiger partial charge is 0.422 e. The normalized spacial score (nSPS) is 11.4. The lowest BCUT2D eigenvalue weighted by molar-refractivity contribution is -0.0314. The summed E-state index contributed by atoms with van der Waals surface area (Å²) in [6.45, 7) is 0. The third kappa shape index (κ3) is 6.45. The molecule has 0 aromatic carbocycles. The first-order valence-corrected chi connectivity index (χ1v) is 3.02. The molecule has 0 atom stereocenters. The van der Waals surface area contributed by atoms with Crippen molar-refractivity contribution in [1.29, 1.82) is 0 Å². The van der Waals surface area contributed by atoms with Crippen molar-refractivity contribution in [1.82, 2.24) is 0 Å². The molecule has 0 aliphatic heterocycles. The summed E-state index contributed by atoms with van der Waals surface area (Å²) < 4.78 is 32.8. The summed E-state index contributed by atoms with van der Waals surface area (Å²) in [4.78, 5) is 0. The van der Waals surface area contributed by atoms with Crippen LogP contribution < -0.4 is 0 Å². The summed E-state index contributed by atoms with van der Waals surface area (Å²) in [5.74, 6) is 0. The Kier molecular flexibility index (Phi) is 3.00. The molecule has 0 saturated heterocycles. The van der Waals surface area contributed by atoms with Crippen molar-refractivity contribution >= 4 is 40.1 Å². The Bertz CT molecular complexity index is 95.2. The summed E-state index contributed by atoms with van der Waals surface area (Å²) in [6.07, 6.45) is 0. The molecule has 0 aliphatic carbocycles. The molecule has 0 aromatic rings. The second kappa shape index (κ2) is 2.84. The largest absolute Gasteiger partial charge is 0.444 e. The predicted molar refractivity (Wildman–Crippen MR) is 33.6 cm³/mol. The summed E-state index contributed by atoms with van der Waals surface area (Å²) in [5.41, 5.74) is -4.31. The van der Waals surface area contributed by atoms with E-state index in [-0.39, 0.29) is 0 Å². The number of thioether (sulfide) groups is 1. The van der Waals surface area contributed by atoms with E-state index < -0.39 is 20.8 Å². The van der Waals surface area contributed by atoms with Crippen molar-refractivity contribution in [3.63, 3.8) is 0 Å². The number of alkyl halides is 3. The lowest BCUT2D eigenvalue weighted by Gasteiger charge is -2.06. The zero-order valence-corrected chi connectivity index (χ0v) is 5.81. The van der Waals surface area contributed by atoms with E-state index in [4.69, 9.17) is 0 Å². The van der Waals surface area contributed by atoms with E-state index >= 15 is 0 Å². The number of hydrogen-bond acceptors (Lipinski definition) is 3. The van der Waals surface area contributed by atoms with Gasteiger partial charge in [-0.1, -0.05) is 3.53 Å². The van der Waals surface area contributed by atoms with Crippen LogP contribution in [0.2, 0.25) is 0 Å². The quantitative estimate of drug-likeness (QED) is 0.410. The van der Waals surface area contributed by atoms with Gasteiger partial charge in [-0.05, 0) is 11.8 Å². The molecule has 6 heteroatoms. The third-order valence-electron chi connectivity index (χ3n) is 0.199. The Morgan fingerprint density at radius 2 is 1.88 bits per heavy atom. The van der Waals surface area contributed by atoms with Gasteiger partial charge >= 0.3 is 5.51 Å². The van der Waals surface area contributed by atoms with Gasteiger partial charge in [0.2, 0.25) is 0 Å². The minimum Gasteiger partial charge on any atom is -0.422 e. The molecule has 0 unspecified atom stereocenters. The van der Waals surface area contributed by atoms with Gasteiger partial charge in [-0.2, -0.15) is 13.2 Å². The van der Waals surface area contributed by atoms with E-state index in [1.165, 1.54) is 0 Å². The van der Waals surface area contributed by atoms with Crippen molar-refractivity contribution < 1.29 is 13.2 Å². The first-order chi connectivity index (χ1) is 3.42. The number of thiocarbonyl (C=S) groups is 1. The minimum atomic E-state index is -4.31. The molecular formula is C2F3S3-. The molecule has 48 valence electrons. The Labute approximate surface area is 59.2 Å². The van der Waals surface area contributed by atoms with Crippen molar-refractivity contribution in [3.8, 4) is 0 Å². The van der Waals surface area contributed by atoms with E-state index in [0.29, 0.717) is 0 Å².